The zero-order valence-corrected chi connectivity index (χ0v) is 11.9. The molecule has 0 aliphatic rings. The van der Waals surface area contributed by atoms with Crippen LogP contribution in [0, 0.1) is 0 Å². The van der Waals surface area contributed by atoms with E-state index in [1.807, 2.05) is 0 Å². The van der Waals surface area contributed by atoms with Gasteiger partial charge in [0.05, 0.1) is 13.2 Å². The lowest BCUT2D eigenvalue weighted by Crippen LogP contribution is -2.21. The molecule has 0 aromatic carbocycles. The molecule has 112 valence electrons. The lowest BCUT2D eigenvalue weighted by atomic mass is 10.2. The van der Waals surface area contributed by atoms with E-state index >= 15 is 0 Å². The first-order chi connectivity index (χ1) is 9.28. The first-order valence-electron chi connectivity index (χ1n) is 6.49. The van der Waals surface area contributed by atoms with Crippen molar-refractivity contribution >= 4 is 24.6 Å². The Bertz CT molecular complexity index is 210. The lowest BCUT2D eigenvalue weighted by Gasteiger charge is -2.20. The maximum absolute atomic E-state index is 10.1. The van der Waals surface area contributed by atoms with Gasteiger partial charge in [0.15, 0.2) is 0 Å². The van der Waals surface area contributed by atoms with E-state index in [9.17, 15) is 19.8 Å². The zero-order chi connectivity index (χ0) is 14.3. The molecular formula is C12H24N2O4S. The molecule has 7 heteroatoms. The zero-order valence-electron chi connectivity index (χ0n) is 11.1. The van der Waals surface area contributed by atoms with Crippen molar-refractivity contribution in [1.82, 2.24) is 10.6 Å². The van der Waals surface area contributed by atoms with Gasteiger partial charge in [-0.05, 0) is 25.7 Å². The lowest BCUT2D eigenvalue weighted by molar-refractivity contribution is -0.110. The number of aliphatic hydroxyl groups excluding tert-OH is 2. The second-order valence-corrected chi connectivity index (χ2v) is 5.78. The van der Waals surface area contributed by atoms with Crippen molar-refractivity contribution in [3.05, 3.63) is 0 Å². The minimum absolute atomic E-state index is 0.0643. The second kappa shape index (κ2) is 13.6. The molecule has 0 aliphatic carbocycles. The third kappa shape index (κ3) is 10.8. The van der Waals surface area contributed by atoms with E-state index in [4.69, 9.17) is 0 Å². The van der Waals surface area contributed by atoms with Crippen molar-refractivity contribution < 1.29 is 19.8 Å². The fraction of sp³-hybridized carbons (Fsp3) is 0.833. The van der Waals surface area contributed by atoms with Gasteiger partial charge in [0.25, 0.3) is 0 Å². The van der Waals surface area contributed by atoms with E-state index in [1.54, 1.807) is 11.8 Å². The summed E-state index contributed by atoms with van der Waals surface area (Å²) >= 11 is 1.57. The van der Waals surface area contributed by atoms with Crippen LogP contribution in [-0.2, 0) is 9.59 Å². The number of carbonyl (C=O) groups is 2. The average Bonchev–Trinajstić information content (AvgIpc) is 2.44. The van der Waals surface area contributed by atoms with E-state index in [0.29, 0.717) is 25.9 Å². The molecule has 0 aliphatic heterocycles. The van der Waals surface area contributed by atoms with Crippen LogP contribution in [0.4, 0.5) is 0 Å². The Morgan fingerprint density at radius 1 is 0.895 bits per heavy atom. The maximum atomic E-state index is 10.1. The highest BCUT2D eigenvalue weighted by Gasteiger charge is 2.15. The van der Waals surface area contributed by atoms with E-state index in [0.717, 1.165) is 25.7 Å². The van der Waals surface area contributed by atoms with Crippen LogP contribution in [0.3, 0.4) is 0 Å². The molecule has 2 unspecified atom stereocenters. The van der Waals surface area contributed by atoms with Crippen molar-refractivity contribution in [2.45, 2.75) is 36.2 Å². The Morgan fingerprint density at radius 3 is 1.63 bits per heavy atom. The largest absolute Gasteiger partial charge is 0.395 e. The third-order valence-electron chi connectivity index (χ3n) is 2.65. The normalized spacial score (nSPS) is 13.6. The quantitative estimate of drug-likeness (QED) is 0.255. The minimum Gasteiger partial charge on any atom is -0.395 e. The molecule has 19 heavy (non-hydrogen) atoms. The molecule has 2 atom stereocenters. The predicted octanol–water partition coefficient (Wildman–Crippen LogP) is -0.506. The molecule has 0 radical (unpaired) electrons. The smallest absolute Gasteiger partial charge is 0.207 e. The average molecular weight is 292 g/mol. The Morgan fingerprint density at radius 2 is 1.32 bits per heavy atom. The molecule has 0 spiro atoms. The number of hydrogen-bond acceptors (Lipinski definition) is 5. The highest BCUT2D eigenvalue weighted by molar-refractivity contribution is 8.00. The van der Waals surface area contributed by atoms with Gasteiger partial charge in [0.1, 0.15) is 0 Å². The van der Waals surface area contributed by atoms with Gasteiger partial charge in [0, 0.05) is 23.6 Å². The van der Waals surface area contributed by atoms with Crippen LogP contribution in [-0.4, -0.2) is 59.8 Å². The Hall–Kier alpha value is -0.790. The summed E-state index contributed by atoms with van der Waals surface area (Å²) < 4.78 is 0. The number of rotatable bonds is 14. The van der Waals surface area contributed by atoms with Crippen LogP contribution in [0.5, 0.6) is 0 Å². The fourth-order valence-corrected chi connectivity index (χ4v) is 2.98. The fourth-order valence-electron chi connectivity index (χ4n) is 1.66. The summed E-state index contributed by atoms with van der Waals surface area (Å²) in [6, 6.07) is 0. The Balaban J connectivity index is 3.81. The number of hydrogen-bond donors (Lipinski definition) is 4. The van der Waals surface area contributed by atoms with E-state index in [2.05, 4.69) is 10.6 Å². The summed E-state index contributed by atoms with van der Waals surface area (Å²) in [6.45, 7) is 1.34. The van der Waals surface area contributed by atoms with Crippen LogP contribution in [0.1, 0.15) is 25.7 Å². The highest BCUT2D eigenvalue weighted by atomic mass is 32.2. The monoisotopic (exact) mass is 292 g/mol. The Kier molecular flexibility index (Phi) is 13.1. The van der Waals surface area contributed by atoms with Crippen molar-refractivity contribution in [2.75, 3.05) is 26.3 Å². The third-order valence-corrected chi connectivity index (χ3v) is 4.19. The topological polar surface area (TPSA) is 98.7 Å². The van der Waals surface area contributed by atoms with E-state index in [-0.39, 0.29) is 23.7 Å². The maximum Gasteiger partial charge on any atom is 0.207 e. The van der Waals surface area contributed by atoms with Gasteiger partial charge >= 0.3 is 0 Å². The van der Waals surface area contributed by atoms with Gasteiger partial charge in [-0.3, -0.25) is 9.59 Å². The molecule has 4 N–H and O–H groups in total. The summed E-state index contributed by atoms with van der Waals surface area (Å²) in [4.78, 5) is 20.2. The molecule has 0 saturated carbocycles. The van der Waals surface area contributed by atoms with Gasteiger partial charge < -0.3 is 20.8 Å². The molecule has 0 bridgehead atoms. The van der Waals surface area contributed by atoms with Crippen LogP contribution >= 0.6 is 11.8 Å². The standard InChI is InChI=1S/C12H24N2O4S/c15-7-11(3-1-5-13-9-17)19-12(8-16)4-2-6-14-10-18/h9-12,15-16H,1-8H2,(H,13,17)(H,14,18). The minimum atomic E-state index is 0.0643. The molecular weight excluding hydrogens is 268 g/mol. The van der Waals surface area contributed by atoms with Gasteiger partial charge in [-0.15, -0.1) is 0 Å². The molecule has 0 heterocycles. The van der Waals surface area contributed by atoms with Crippen LogP contribution in [0.2, 0.25) is 0 Å². The van der Waals surface area contributed by atoms with Crippen molar-refractivity contribution in [3.8, 4) is 0 Å². The molecule has 0 fully saturated rings. The molecule has 0 aromatic rings. The predicted molar refractivity (Wildman–Crippen MR) is 75.9 cm³/mol. The number of aliphatic hydroxyl groups is 2. The number of carbonyl (C=O) groups excluding carboxylic acids is 2. The van der Waals surface area contributed by atoms with Gasteiger partial charge in [-0.2, -0.15) is 11.8 Å². The highest BCUT2D eigenvalue weighted by Crippen LogP contribution is 2.24. The van der Waals surface area contributed by atoms with Crippen LogP contribution in [0.15, 0.2) is 0 Å². The summed E-state index contributed by atoms with van der Waals surface area (Å²) in [5.41, 5.74) is 0. The van der Waals surface area contributed by atoms with E-state index in [1.165, 1.54) is 0 Å². The van der Waals surface area contributed by atoms with Gasteiger partial charge in [-0.25, -0.2) is 0 Å². The first kappa shape index (κ1) is 18.2. The molecule has 0 rings (SSSR count). The second-order valence-electron chi connectivity index (χ2n) is 4.17. The molecule has 0 saturated heterocycles. The van der Waals surface area contributed by atoms with Crippen LogP contribution in [0.25, 0.3) is 0 Å². The Labute approximate surface area is 118 Å². The molecule has 0 aromatic heterocycles. The van der Waals surface area contributed by atoms with Crippen molar-refractivity contribution in [1.29, 1.82) is 0 Å². The first-order valence-corrected chi connectivity index (χ1v) is 7.44. The molecule has 2 amide bonds. The van der Waals surface area contributed by atoms with Gasteiger partial charge in [-0.1, -0.05) is 0 Å². The SMILES string of the molecule is O=CNCCCC(CO)SC(CO)CCCNC=O. The summed E-state index contributed by atoms with van der Waals surface area (Å²) in [5, 5.41) is 23.9. The number of nitrogens with one attached hydrogen (secondary N) is 2. The van der Waals surface area contributed by atoms with Crippen molar-refractivity contribution in [2.24, 2.45) is 0 Å². The summed E-state index contributed by atoms with van der Waals surface area (Å²) in [6.07, 6.45) is 4.54. The number of amides is 2. The van der Waals surface area contributed by atoms with Gasteiger partial charge in [0.2, 0.25) is 12.8 Å². The van der Waals surface area contributed by atoms with Crippen LogP contribution < -0.4 is 10.6 Å². The summed E-state index contributed by atoms with van der Waals surface area (Å²) in [5.74, 6) is 0. The number of thioether (sulfide) groups is 1. The summed E-state index contributed by atoms with van der Waals surface area (Å²) in [7, 11) is 0. The molecule has 6 nitrogen and oxygen atoms in total. The van der Waals surface area contributed by atoms with E-state index < -0.39 is 0 Å². The van der Waals surface area contributed by atoms with Crippen molar-refractivity contribution in [3.63, 3.8) is 0 Å².